The fourth-order valence-corrected chi connectivity index (χ4v) is 4.82. The number of carbonyl (C=O) groups excluding carboxylic acids is 1. The van der Waals surface area contributed by atoms with Crippen molar-refractivity contribution in [1.82, 2.24) is 9.62 Å². The number of hydrogen-bond donors (Lipinski definition) is 1. The number of sulfonamides is 1. The molecule has 2 fully saturated rings. The molecule has 1 spiro atoms. The number of carbonyl (C=O) groups is 1. The molecule has 1 aromatic heterocycles. The molecule has 0 radical (unpaired) electrons. The summed E-state index contributed by atoms with van der Waals surface area (Å²) in [6.45, 7) is 2.53. The average Bonchev–Trinajstić information content (AvgIpc) is 3.07. The quantitative estimate of drug-likeness (QED) is 0.873. The van der Waals surface area contributed by atoms with Crippen LogP contribution in [0, 0.1) is 5.92 Å². The molecular weight excluding hydrogens is 348 g/mol. The van der Waals surface area contributed by atoms with E-state index in [0.717, 1.165) is 30.6 Å². The van der Waals surface area contributed by atoms with Gasteiger partial charge in [-0.2, -0.15) is 0 Å². The largest absolute Gasteiger partial charge is 0.375 e. The lowest BCUT2D eigenvalue weighted by molar-refractivity contribution is -0.122. The van der Waals surface area contributed by atoms with Crippen molar-refractivity contribution in [2.75, 3.05) is 32.5 Å². The predicted octanol–water partition coefficient (Wildman–Crippen LogP) is 1.70. The molecule has 24 heavy (non-hydrogen) atoms. The molecule has 2 aliphatic rings. The van der Waals surface area contributed by atoms with Crippen LogP contribution < -0.4 is 4.72 Å². The summed E-state index contributed by atoms with van der Waals surface area (Å²) in [7, 11) is -3.15. The number of rotatable bonds is 4. The number of nitrogens with zero attached hydrogens (tertiary/aromatic N) is 1. The van der Waals surface area contributed by atoms with E-state index in [1.807, 2.05) is 22.4 Å². The highest BCUT2D eigenvalue weighted by molar-refractivity contribution is 7.88. The Morgan fingerprint density at radius 2 is 2.21 bits per heavy atom. The molecule has 134 valence electrons. The first kappa shape index (κ1) is 17.8. The third-order valence-corrected chi connectivity index (χ3v) is 6.47. The van der Waals surface area contributed by atoms with Crippen molar-refractivity contribution in [3.8, 4) is 0 Å². The van der Waals surface area contributed by atoms with Crippen molar-refractivity contribution in [1.29, 1.82) is 0 Å². The van der Waals surface area contributed by atoms with E-state index in [1.54, 1.807) is 0 Å². The zero-order valence-corrected chi connectivity index (χ0v) is 15.5. The molecule has 2 aliphatic heterocycles. The Morgan fingerprint density at radius 3 is 2.83 bits per heavy atom. The van der Waals surface area contributed by atoms with E-state index in [4.69, 9.17) is 4.74 Å². The SMILES string of the molecule is CS(=O)(=O)NCC1CCOC2(CCN(C(=O)c3cccs3)CC2)C1. The maximum atomic E-state index is 12.4. The van der Waals surface area contributed by atoms with Crippen molar-refractivity contribution in [3.05, 3.63) is 22.4 Å². The van der Waals surface area contributed by atoms with Gasteiger partial charge in [0.1, 0.15) is 0 Å². The summed E-state index contributed by atoms with van der Waals surface area (Å²) >= 11 is 1.47. The Bertz CT molecular complexity index is 664. The highest BCUT2D eigenvalue weighted by atomic mass is 32.2. The standard InChI is InChI=1S/C16H24N2O4S2/c1-24(20,21)17-12-13-4-9-22-16(11-13)5-7-18(8-6-16)15(19)14-3-2-10-23-14/h2-3,10,13,17H,4-9,11-12H2,1H3. The van der Waals surface area contributed by atoms with Gasteiger partial charge in [-0.25, -0.2) is 13.1 Å². The first-order chi connectivity index (χ1) is 11.4. The van der Waals surface area contributed by atoms with Crippen LogP contribution in [0.15, 0.2) is 17.5 Å². The number of nitrogens with one attached hydrogen (secondary N) is 1. The number of thiophene rings is 1. The van der Waals surface area contributed by atoms with E-state index < -0.39 is 10.0 Å². The van der Waals surface area contributed by atoms with E-state index in [1.165, 1.54) is 17.6 Å². The molecule has 0 aromatic carbocycles. The summed E-state index contributed by atoms with van der Waals surface area (Å²) in [5.41, 5.74) is -0.200. The first-order valence-corrected chi connectivity index (χ1v) is 11.1. The number of likely N-dealkylation sites (tertiary alicyclic amines) is 1. The van der Waals surface area contributed by atoms with Crippen LogP contribution >= 0.6 is 11.3 Å². The van der Waals surface area contributed by atoms with Crippen LogP contribution in [0.3, 0.4) is 0 Å². The number of amides is 1. The second-order valence-electron chi connectivity index (χ2n) is 6.78. The Labute approximate surface area is 147 Å². The van der Waals surface area contributed by atoms with Gasteiger partial charge in [-0.05, 0) is 43.0 Å². The summed E-state index contributed by atoms with van der Waals surface area (Å²) in [6.07, 6.45) is 4.56. The van der Waals surface area contributed by atoms with Gasteiger partial charge in [-0.1, -0.05) is 6.07 Å². The van der Waals surface area contributed by atoms with E-state index in [-0.39, 0.29) is 11.5 Å². The van der Waals surface area contributed by atoms with Crippen LogP contribution in [0.2, 0.25) is 0 Å². The number of hydrogen-bond acceptors (Lipinski definition) is 5. The molecule has 1 atom stereocenters. The lowest BCUT2D eigenvalue weighted by Gasteiger charge is -2.46. The molecule has 1 unspecified atom stereocenters. The van der Waals surface area contributed by atoms with Gasteiger partial charge in [-0.15, -0.1) is 11.3 Å². The summed E-state index contributed by atoms with van der Waals surface area (Å²) in [5.74, 6) is 0.402. The van der Waals surface area contributed by atoms with E-state index in [9.17, 15) is 13.2 Å². The molecule has 8 heteroatoms. The summed E-state index contributed by atoms with van der Waals surface area (Å²) in [4.78, 5) is 15.1. The Balaban J connectivity index is 1.55. The first-order valence-electron chi connectivity index (χ1n) is 8.28. The van der Waals surface area contributed by atoms with Crippen molar-refractivity contribution in [3.63, 3.8) is 0 Å². The summed E-state index contributed by atoms with van der Waals surface area (Å²) in [6, 6.07) is 3.76. The van der Waals surface area contributed by atoms with Gasteiger partial charge in [0.2, 0.25) is 10.0 Å². The van der Waals surface area contributed by atoms with Crippen molar-refractivity contribution < 1.29 is 17.9 Å². The second-order valence-corrected chi connectivity index (χ2v) is 9.56. The molecule has 1 aromatic rings. The fourth-order valence-electron chi connectivity index (χ4n) is 3.59. The minimum atomic E-state index is -3.15. The second kappa shape index (κ2) is 7.11. The summed E-state index contributed by atoms with van der Waals surface area (Å²) < 4.78 is 31.3. The van der Waals surface area contributed by atoms with E-state index in [0.29, 0.717) is 32.2 Å². The lowest BCUT2D eigenvalue weighted by atomic mass is 9.79. The Kier molecular flexibility index (Phi) is 5.29. The van der Waals surface area contributed by atoms with Crippen LogP contribution in [0.25, 0.3) is 0 Å². The van der Waals surface area contributed by atoms with Gasteiger partial charge >= 0.3 is 0 Å². The van der Waals surface area contributed by atoms with Crippen LogP contribution in [0.5, 0.6) is 0 Å². The highest BCUT2D eigenvalue weighted by Crippen LogP contribution is 2.37. The Morgan fingerprint density at radius 1 is 1.46 bits per heavy atom. The fraction of sp³-hybridized carbons (Fsp3) is 0.688. The topological polar surface area (TPSA) is 75.7 Å². The molecule has 1 amide bonds. The van der Waals surface area contributed by atoms with Crippen LogP contribution in [0.4, 0.5) is 0 Å². The average molecular weight is 373 g/mol. The molecular formula is C16H24N2O4S2. The summed E-state index contributed by atoms with van der Waals surface area (Å²) in [5, 5.41) is 1.92. The monoisotopic (exact) mass is 372 g/mol. The van der Waals surface area contributed by atoms with Gasteiger partial charge in [0, 0.05) is 26.2 Å². The van der Waals surface area contributed by atoms with Crippen molar-refractivity contribution in [2.45, 2.75) is 31.3 Å². The molecule has 3 rings (SSSR count). The molecule has 0 saturated carbocycles. The van der Waals surface area contributed by atoms with E-state index in [2.05, 4.69) is 4.72 Å². The zero-order valence-electron chi connectivity index (χ0n) is 13.9. The predicted molar refractivity (Wildman–Crippen MR) is 93.7 cm³/mol. The zero-order chi connectivity index (χ0) is 17.2. The molecule has 6 nitrogen and oxygen atoms in total. The van der Waals surface area contributed by atoms with Gasteiger partial charge in [-0.3, -0.25) is 4.79 Å². The van der Waals surface area contributed by atoms with Crippen LogP contribution in [-0.4, -0.2) is 57.3 Å². The third kappa shape index (κ3) is 4.36. The van der Waals surface area contributed by atoms with Crippen LogP contribution in [0.1, 0.15) is 35.4 Å². The number of ether oxygens (including phenoxy) is 1. The number of piperidine rings is 1. The molecule has 0 aliphatic carbocycles. The molecule has 3 heterocycles. The third-order valence-electron chi connectivity index (χ3n) is 4.92. The smallest absolute Gasteiger partial charge is 0.263 e. The van der Waals surface area contributed by atoms with Crippen molar-refractivity contribution >= 4 is 27.3 Å². The maximum Gasteiger partial charge on any atom is 0.263 e. The van der Waals surface area contributed by atoms with Gasteiger partial charge < -0.3 is 9.64 Å². The van der Waals surface area contributed by atoms with E-state index >= 15 is 0 Å². The molecule has 1 N–H and O–H groups in total. The molecule has 2 saturated heterocycles. The highest BCUT2D eigenvalue weighted by Gasteiger charge is 2.41. The van der Waals surface area contributed by atoms with Crippen LogP contribution in [-0.2, 0) is 14.8 Å². The minimum absolute atomic E-state index is 0.103. The lowest BCUT2D eigenvalue weighted by Crippen LogP contribution is -2.51. The molecule has 0 bridgehead atoms. The van der Waals surface area contributed by atoms with Gasteiger partial charge in [0.15, 0.2) is 0 Å². The minimum Gasteiger partial charge on any atom is -0.375 e. The van der Waals surface area contributed by atoms with Gasteiger partial charge in [0.05, 0.1) is 16.7 Å². The Hall–Kier alpha value is -0.960. The van der Waals surface area contributed by atoms with Crippen molar-refractivity contribution in [2.24, 2.45) is 5.92 Å². The maximum absolute atomic E-state index is 12.4. The normalized spacial score (nSPS) is 24.2. The van der Waals surface area contributed by atoms with Gasteiger partial charge in [0.25, 0.3) is 5.91 Å².